The van der Waals surface area contributed by atoms with Gasteiger partial charge in [0.15, 0.2) is 0 Å². The number of benzene rings is 2. The van der Waals surface area contributed by atoms with Crippen LogP contribution >= 0.6 is 15.9 Å². The van der Waals surface area contributed by atoms with Crippen molar-refractivity contribution in [2.75, 3.05) is 5.32 Å². The minimum atomic E-state index is 0.728. The van der Waals surface area contributed by atoms with Crippen molar-refractivity contribution in [2.45, 2.75) is 13.5 Å². The molecule has 2 aromatic carbocycles. The van der Waals surface area contributed by atoms with Gasteiger partial charge in [0, 0.05) is 15.5 Å². The normalized spacial score (nSPS) is 10.7. The topological polar surface area (TPSA) is 24.9 Å². The number of anilines is 1. The SMILES string of the molecule is Cc1cc(NCc2ccc3ccccc3n2)ccc1Br. The van der Waals surface area contributed by atoms with Gasteiger partial charge in [-0.2, -0.15) is 0 Å². The second-order valence-electron chi connectivity index (χ2n) is 4.81. The molecule has 0 saturated heterocycles. The number of halogens is 1. The van der Waals surface area contributed by atoms with Crippen molar-refractivity contribution in [1.82, 2.24) is 4.98 Å². The molecule has 0 spiro atoms. The Hall–Kier alpha value is -1.87. The minimum Gasteiger partial charge on any atom is -0.379 e. The molecule has 0 aliphatic heterocycles. The highest BCUT2D eigenvalue weighted by molar-refractivity contribution is 9.10. The third-order valence-corrected chi connectivity index (χ3v) is 4.18. The highest BCUT2D eigenvalue weighted by atomic mass is 79.9. The Balaban J connectivity index is 1.77. The van der Waals surface area contributed by atoms with Gasteiger partial charge >= 0.3 is 0 Å². The smallest absolute Gasteiger partial charge is 0.0706 e. The Kier molecular flexibility index (Phi) is 3.70. The van der Waals surface area contributed by atoms with Crippen molar-refractivity contribution in [3.8, 4) is 0 Å². The van der Waals surface area contributed by atoms with Gasteiger partial charge in [-0.3, -0.25) is 4.98 Å². The predicted molar refractivity (Wildman–Crippen MR) is 87.9 cm³/mol. The van der Waals surface area contributed by atoms with Crippen molar-refractivity contribution in [3.05, 3.63) is 70.3 Å². The Morgan fingerprint density at radius 2 is 1.90 bits per heavy atom. The first kappa shape index (κ1) is 13.1. The molecule has 0 aliphatic carbocycles. The molecule has 2 nitrogen and oxygen atoms in total. The fraction of sp³-hybridized carbons (Fsp3) is 0.118. The van der Waals surface area contributed by atoms with Gasteiger partial charge in [-0.25, -0.2) is 0 Å². The lowest BCUT2D eigenvalue weighted by atomic mass is 10.2. The van der Waals surface area contributed by atoms with E-state index in [1.54, 1.807) is 0 Å². The zero-order valence-corrected chi connectivity index (χ0v) is 12.8. The molecule has 3 rings (SSSR count). The van der Waals surface area contributed by atoms with E-state index in [1.165, 1.54) is 10.9 Å². The van der Waals surface area contributed by atoms with Crippen LogP contribution in [-0.4, -0.2) is 4.98 Å². The number of hydrogen-bond donors (Lipinski definition) is 1. The summed E-state index contributed by atoms with van der Waals surface area (Å²) in [5.41, 5.74) is 4.42. The molecular formula is C17H15BrN2. The van der Waals surface area contributed by atoms with E-state index < -0.39 is 0 Å². The van der Waals surface area contributed by atoms with Gasteiger partial charge in [-0.05, 0) is 42.8 Å². The van der Waals surface area contributed by atoms with Crippen molar-refractivity contribution < 1.29 is 0 Å². The Labute approximate surface area is 127 Å². The molecule has 0 bridgehead atoms. The summed E-state index contributed by atoms with van der Waals surface area (Å²) in [6, 6.07) is 18.6. The Morgan fingerprint density at radius 3 is 2.75 bits per heavy atom. The van der Waals surface area contributed by atoms with Crippen LogP contribution in [0.15, 0.2) is 59.1 Å². The summed E-state index contributed by atoms with van der Waals surface area (Å²) in [4.78, 5) is 4.66. The first-order valence-corrected chi connectivity index (χ1v) is 7.36. The zero-order valence-electron chi connectivity index (χ0n) is 11.2. The quantitative estimate of drug-likeness (QED) is 0.739. The lowest BCUT2D eigenvalue weighted by Crippen LogP contribution is -2.01. The van der Waals surface area contributed by atoms with Crippen molar-refractivity contribution in [3.63, 3.8) is 0 Å². The maximum Gasteiger partial charge on any atom is 0.0706 e. The van der Waals surface area contributed by atoms with Gasteiger partial charge in [-0.1, -0.05) is 40.2 Å². The molecule has 0 fully saturated rings. The molecule has 100 valence electrons. The fourth-order valence-corrected chi connectivity index (χ4v) is 2.40. The molecular weight excluding hydrogens is 312 g/mol. The van der Waals surface area contributed by atoms with Gasteiger partial charge in [-0.15, -0.1) is 0 Å². The van der Waals surface area contributed by atoms with Gasteiger partial charge in [0.2, 0.25) is 0 Å². The second kappa shape index (κ2) is 5.63. The highest BCUT2D eigenvalue weighted by Gasteiger charge is 2.00. The number of rotatable bonds is 3. The minimum absolute atomic E-state index is 0.728. The van der Waals surface area contributed by atoms with Gasteiger partial charge < -0.3 is 5.32 Å². The van der Waals surface area contributed by atoms with Crippen LogP contribution in [0.5, 0.6) is 0 Å². The molecule has 0 saturated carbocycles. The lowest BCUT2D eigenvalue weighted by molar-refractivity contribution is 1.07. The van der Waals surface area contributed by atoms with E-state index in [0.29, 0.717) is 0 Å². The maximum absolute atomic E-state index is 4.66. The third-order valence-electron chi connectivity index (χ3n) is 3.29. The summed E-state index contributed by atoms with van der Waals surface area (Å²) in [5.74, 6) is 0. The molecule has 0 aliphatic rings. The van der Waals surface area contributed by atoms with Crippen LogP contribution in [0.4, 0.5) is 5.69 Å². The highest BCUT2D eigenvalue weighted by Crippen LogP contribution is 2.20. The van der Waals surface area contributed by atoms with E-state index >= 15 is 0 Å². The van der Waals surface area contributed by atoms with Gasteiger partial charge in [0.05, 0.1) is 17.8 Å². The standard InChI is InChI=1S/C17H15BrN2/c1-12-10-14(8-9-16(12)18)19-11-15-7-6-13-4-2-3-5-17(13)20-15/h2-10,19H,11H2,1H3. The van der Waals surface area contributed by atoms with Crippen LogP contribution in [0.2, 0.25) is 0 Å². The zero-order chi connectivity index (χ0) is 13.9. The number of fused-ring (bicyclic) bond motifs is 1. The van der Waals surface area contributed by atoms with Crippen LogP contribution in [0.1, 0.15) is 11.3 Å². The largest absolute Gasteiger partial charge is 0.379 e. The summed E-state index contributed by atoms with van der Waals surface area (Å²) in [5, 5.41) is 4.59. The summed E-state index contributed by atoms with van der Waals surface area (Å²) in [6.45, 7) is 2.81. The first-order chi connectivity index (χ1) is 9.72. The molecule has 0 atom stereocenters. The molecule has 1 heterocycles. The average Bonchev–Trinajstić information content (AvgIpc) is 2.48. The van der Waals surface area contributed by atoms with Crippen molar-refractivity contribution in [2.24, 2.45) is 0 Å². The maximum atomic E-state index is 4.66. The first-order valence-electron chi connectivity index (χ1n) is 6.57. The molecule has 3 aromatic rings. The van der Waals surface area contributed by atoms with E-state index in [0.717, 1.165) is 27.9 Å². The fourth-order valence-electron chi connectivity index (χ4n) is 2.15. The van der Waals surface area contributed by atoms with Crippen LogP contribution in [0, 0.1) is 6.92 Å². The third kappa shape index (κ3) is 2.83. The number of para-hydroxylation sites is 1. The Morgan fingerprint density at radius 1 is 1.05 bits per heavy atom. The monoisotopic (exact) mass is 326 g/mol. The van der Waals surface area contributed by atoms with Crippen molar-refractivity contribution >= 4 is 32.5 Å². The number of hydrogen-bond acceptors (Lipinski definition) is 2. The molecule has 1 aromatic heterocycles. The van der Waals surface area contributed by atoms with E-state index in [2.05, 4.69) is 69.6 Å². The van der Waals surface area contributed by atoms with E-state index in [-0.39, 0.29) is 0 Å². The summed E-state index contributed by atoms with van der Waals surface area (Å²) >= 11 is 3.51. The van der Waals surface area contributed by atoms with Crippen LogP contribution in [0.3, 0.4) is 0 Å². The predicted octanol–water partition coefficient (Wildman–Crippen LogP) is 4.92. The molecule has 20 heavy (non-hydrogen) atoms. The van der Waals surface area contributed by atoms with Gasteiger partial charge in [0.25, 0.3) is 0 Å². The van der Waals surface area contributed by atoms with Crippen molar-refractivity contribution in [1.29, 1.82) is 0 Å². The summed E-state index contributed by atoms with van der Waals surface area (Å²) in [7, 11) is 0. The van der Waals surface area contributed by atoms with Gasteiger partial charge in [0.1, 0.15) is 0 Å². The van der Waals surface area contributed by atoms with E-state index in [9.17, 15) is 0 Å². The second-order valence-corrected chi connectivity index (χ2v) is 5.67. The molecule has 1 N–H and O–H groups in total. The molecule has 0 unspecified atom stereocenters. The number of pyridine rings is 1. The number of aromatic nitrogens is 1. The summed E-state index contributed by atoms with van der Waals surface area (Å²) in [6.07, 6.45) is 0. The molecule has 0 amide bonds. The van der Waals surface area contributed by atoms with Crippen LogP contribution in [0.25, 0.3) is 10.9 Å². The number of nitrogens with one attached hydrogen (secondary N) is 1. The van der Waals surface area contributed by atoms with E-state index in [1.807, 2.05) is 18.2 Å². The molecule has 3 heteroatoms. The van der Waals surface area contributed by atoms with E-state index in [4.69, 9.17) is 0 Å². The molecule has 0 radical (unpaired) electrons. The number of nitrogens with zero attached hydrogens (tertiary/aromatic N) is 1. The summed E-state index contributed by atoms with van der Waals surface area (Å²) < 4.78 is 1.13. The Bertz CT molecular complexity index is 753. The van der Waals surface area contributed by atoms with Crippen LogP contribution in [-0.2, 0) is 6.54 Å². The average molecular weight is 327 g/mol. The lowest BCUT2D eigenvalue weighted by Gasteiger charge is -2.08. The van der Waals surface area contributed by atoms with Crippen LogP contribution < -0.4 is 5.32 Å². The number of aryl methyl sites for hydroxylation is 1.